The summed E-state index contributed by atoms with van der Waals surface area (Å²) in [6, 6.07) is 13.0. The SMILES string of the molecule is Cc1n[nH]c(C)c1-c1ccc(NC(=O)[C@H](NC(=O)c2ccnn2C)[C@H]2CCCc3cc(F)ccc32)cc1. The number of amides is 2. The van der Waals surface area contributed by atoms with Gasteiger partial charge in [0.15, 0.2) is 0 Å². The molecule has 0 saturated heterocycles. The third kappa shape index (κ3) is 4.89. The van der Waals surface area contributed by atoms with E-state index >= 15 is 0 Å². The van der Waals surface area contributed by atoms with Crippen molar-refractivity contribution in [1.29, 1.82) is 0 Å². The molecule has 0 unspecified atom stereocenters. The Balaban J connectivity index is 1.43. The van der Waals surface area contributed by atoms with Gasteiger partial charge in [0.25, 0.3) is 5.91 Å². The first-order valence-corrected chi connectivity index (χ1v) is 12.3. The second-order valence-electron chi connectivity index (χ2n) is 9.51. The van der Waals surface area contributed by atoms with Gasteiger partial charge in [-0.3, -0.25) is 19.4 Å². The summed E-state index contributed by atoms with van der Waals surface area (Å²) in [4.78, 5) is 26.8. The van der Waals surface area contributed by atoms with Gasteiger partial charge in [0.1, 0.15) is 17.6 Å². The lowest BCUT2D eigenvalue weighted by Gasteiger charge is -2.32. The summed E-state index contributed by atoms with van der Waals surface area (Å²) >= 11 is 0. The van der Waals surface area contributed by atoms with E-state index < -0.39 is 11.9 Å². The molecule has 2 amide bonds. The number of rotatable bonds is 6. The Morgan fingerprint density at radius 2 is 1.92 bits per heavy atom. The molecular formula is C28H29FN6O2. The number of hydrogen-bond acceptors (Lipinski definition) is 4. The van der Waals surface area contributed by atoms with Crippen LogP contribution in [0.1, 0.15) is 51.8 Å². The predicted octanol–water partition coefficient (Wildman–Crippen LogP) is 4.42. The van der Waals surface area contributed by atoms with Gasteiger partial charge in [0.05, 0.1) is 5.69 Å². The van der Waals surface area contributed by atoms with Gasteiger partial charge >= 0.3 is 0 Å². The number of benzene rings is 2. The third-order valence-corrected chi connectivity index (χ3v) is 7.06. The summed E-state index contributed by atoms with van der Waals surface area (Å²) in [5.74, 6) is -1.32. The van der Waals surface area contributed by atoms with Crippen molar-refractivity contribution in [3.8, 4) is 11.1 Å². The van der Waals surface area contributed by atoms with Crippen molar-refractivity contribution in [2.24, 2.45) is 7.05 Å². The molecule has 190 valence electrons. The first-order chi connectivity index (χ1) is 17.8. The highest BCUT2D eigenvalue weighted by Gasteiger charge is 2.35. The van der Waals surface area contributed by atoms with E-state index in [1.165, 1.54) is 23.0 Å². The fourth-order valence-electron chi connectivity index (χ4n) is 5.24. The fourth-order valence-corrected chi connectivity index (χ4v) is 5.24. The van der Waals surface area contributed by atoms with Gasteiger partial charge < -0.3 is 10.6 Å². The largest absolute Gasteiger partial charge is 0.338 e. The van der Waals surface area contributed by atoms with Crippen molar-refractivity contribution in [3.63, 3.8) is 0 Å². The molecule has 2 aromatic carbocycles. The second kappa shape index (κ2) is 10.0. The molecule has 2 heterocycles. The van der Waals surface area contributed by atoms with Crippen LogP contribution in [0.3, 0.4) is 0 Å². The number of carbonyl (C=O) groups is 2. The molecule has 9 heteroatoms. The number of hydrogen-bond donors (Lipinski definition) is 3. The van der Waals surface area contributed by atoms with Crippen molar-refractivity contribution >= 4 is 17.5 Å². The van der Waals surface area contributed by atoms with Crippen LogP contribution in [0.15, 0.2) is 54.7 Å². The number of nitrogens with zero attached hydrogens (tertiary/aromatic N) is 3. The molecule has 5 rings (SSSR count). The van der Waals surface area contributed by atoms with Gasteiger partial charge in [-0.15, -0.1) is 0 Å². The van der Waals surface area contributed by atoms with Crippen molar-refractivity contribution in [1.82, 2.24) is 25.3 Å². The minimum atomic E-state index is -0.857. The monoisotopic (exact) mass is 500 g/mol. The highest BCUT2D eigenvalue weighted by atomic mass is 19.1. The van der Waals surface area contributed by atoms with Gasteiger partial charge in [-0.25, -0.2) is 4.39 Å². The van der Waals surface area contributed by atoms with Crippen LogP contribution in [0.4, 0.5) is 10.1 Å². The Morgan fingerprint density at radius 1 is 1.14 bits per heavy atom. The number of fused-ring (bicyclic) bond motifs is 1. The van der Waals surface area contributed by atoms with Crippen LogP contribution in [-0.2, 0) is 18.3 Å². The maximum Gasteiger partial charge on any atom is 0.270 e. The van der Waals surface area contributed by atoms with Crippen LogP contribution >= 0.6 is 0 Å². The third-order valence-electron chi connectivity index (χ3n) is 7.06. The van der Waals surface area contributed by atoms with Crippen LogP contribution in [0, 0.1) is 19.7 Å². The lowest BCUT2D eigenvalue weighted by Crippen LogP contribution is -2.48. The summed E-state index contributed by atoms with van der Waals surface area (Å²) in [5.41, 5.74) is 6.62. The molecule has 0 saturated carbocycles. The molecule has 2 atom stereocenters. The first-order valence-electron chi connectivity index (χ1n) is 12.3. The molecule has 4 aromatic rings. The molecule has 0 aliphatic heterocycles. The summed E-state index contributed by atoms with van der Waals surface area (Å²) in [6.45, 7) is 3.91. The van der Waals surface area contributed by atoms with E-state index in [1.54, 1.807) is 19.2 Å². The summed E-state index contributed by atoms with van der Waals surface area (Å²) < 4.78 is 15.4. The standard InChI is InChI=1S/C28H29FN6O2/c1-16-25(17(2)34-33-16)18-7-10-21(11-8-18)31-28(37)26(32-27(36)24-13-14-30-35(24)3)23-6-4-5-19-15-20(29)9-12-22(19)23/h7-15,23,26H,4-6H2,1-3H3,(H,31,37)(H,32,36)(H,33,34)/t23-,26+/m0/s1. The Bertz CT molecular complexity index is 1440. The number of H-pyrrole nitrogens is 1. The molecule has 1 aliphatic carbocycles. The van der Waals surface area contributed by atoms with E-state index in [0.29, 0.717) is 17.8 Å². The number of aromatic nitrogens is 4. The molecule has 8 nitrogen and oxygen atoms in total. The van der Waals surface area contributed by atoms with Gasteiger partial charge in [-0.1, -0.05) is 18.2 Å². The number of aromatic amines is 1. The number of anilines is 1. The van der Waals surface area contributed by atoms with Gasteiger partial charge in [-0.05, 0) is 80.1 Å². The van der Waals surface area contributed by atoms with Crippen LogP contribution in [-0.4, -0.2) is 37.8 Å². The maximum absolute atomic E-state index is 13.9. The topological polar surface area (TPSA) is 105 Å². The van der Waals surface area contributed by atoms with E-state index in [0.717, 1.165) is 46.5 Å². The molecule has 0 bridgehead atoms. The minimum Gasteiger partial charge on any atom is -0.338 e. The van der Waals surface area contributed by atoms with Crippen LogP contribution < -0.4 is 10.6 Å². The van der Waals surface area contributed by atoms with Crippen LogP contribution in [0.25, 0.3) is 11.1 Å². The number of halogens is 1. The summed E-state index contributed by atoms with van der Waals surface area (Å²) in [7, 11) is 1.67. The normalized spacial score (nSPS) is 15.6. The zero-order chi connectivity index (χ0) is 26.1. The lowest BCUT2D eigenvalue weighted by molar-refractivity contribution is -0.118. The second-order valence-corrected chi connectivity index (χ2v) is 9.51. The average molecular weight is 501 g/mol. The smallest absolute Gasteiger partial charge is 0.270 e. The molecule has 37 heavy (non-hydrogen) atoms. The lowest BCUT2D eigenvalue weighted by atomic mass is 9.78. The highest BCUT2D eigenvalue weighted by molar-refractivity contribution is 6.01. The van der Waals surface area contributed by atoms with E-state index in [2.05, 4.69) is 25.9 Å². The van der Waals surface area contributed by atoms with Gasteiger partial charge in [0.2, 0.25) is 5.91 Å². The van der Waals surface area contributed by atoms with Crippen LogP contribution in [0.5, 0.6) is 0 Å². The first kappa shape index (κ1) is 24.4. The number of carbonyl (C=O) groups excluding carboxylic acids is 2. The highest BCUT2D eigenvalue weighted by Crippen LogP contribution is 2.35. The molecule has 0 fully saturated rings. The van der Waals surface area contributed by atoms with Gasteiger partial charge in [-0.2, -0.15) is 10.2 Å². The number of nitrogens with one attached hydrogen (secondary N) is 3. The van der Waals surface area contributed by atoms with E-state index in [9.17, 15) is 14.0 Å². The fraction of sp³-hybridized carbons (Fsp3) is 0.286. The maximum atomic E-state index is 13.9. The average Bonchev–Trinajstić information content (AvgIpc) is 3.46. The molecule has 3 N–H and O–H groups in total. The number of aryl methyl sites for hydroxylation is 4. The van der Waals surface area contributed by atoms with E-state index in [4.69, 9.17) is 0 Å². The van der Waals surface area contributed by atoms with Crippen molar-refractivity contribution < 1.29 is 14.0 Å². The summed E-state index contributed by atoms with van der Waals surface area (Å²) in [5, 5.41) is 17.2. The minimum absolute atomic E-state index is 0.294. The van der Waals surface area contributed by atoms with Crippen molar-refractivity contribution in [2.45, 2.75) is 45.1 Å². The molecule has 2 aromatic heterocycles. The zero-order valence-electron chi connectivity index (χ0n) is 21.0. The molecule has 1 aliphatic rings. The molecule has 0 radical (unpaired) electrons. The predicted molar refractivity (Wildman–Crippen MR) is 139 cm³/mol. The van der Waals surface area contributed by atoms with E-state index in [-0.39, 0.29) is 17.6 Å². The van der Waals surface area contributed by atoms with Crippen molar-refractivity contribution in [2.75, 3.05) is 5.32 Å². The Labute approximate surface area is 214 Å². The zero-order valence-corrected chi connectivity index (χ0v) is 21.0. The summed E-state index contributed by atoms with van der Waals surface area (Å²) in [6.07, 6.45) is 3.76. The Kier molecular flexibility index (Phi) is 6.60. The Hall–Kier alpha value is -4.27. The van der Waals surface area contributed by atoms with Crippen molar-refractivity contribution in [3.05, 3.63) is 88.8 Å². The molecular weight excluding hydrogens is 471 g/mol. The quantitative estimate of drug-likeness (QED) is 0.364. The van der Waals surface area contributed by atoms with Gasteiger partial charge in [0, 0.05) is 36.1 Å². The molecule has 0 spiro atoms. The van der Waals surface area contributed by atoms with E-state index in [1.807, 2.05) is 38.1 Å². The van der Waals surface area contributed by atoms with Crippen LogP contribution in [0.2, 0.25) is 0 Å². The Morgan fingerprint density at radius 3 is 2.59 bits per heavy atom.